The van der Waals surface area contributed by atoms with Gasteiger partial charge in [-0.1, -0.05) is 29.8 Å². The fraction of sp³-hybridized carbons (Fsp3) is 0.429. The molecule has 0 saturated heterocycles. The Balaban J connectivity index is 2.08. The highest BCUT2D eigenvalue weighted by atomic mass is 35.5. The fourth-order valence-electron chi connectivity index (χ4n) is 2.79. The molecule has 3 nitrogen and oxygen atoms in total. The minimum absolute atomic E-state index is 0.174. The predicted octanol–water partition coefficient (Wildman–Crippen LogP) is 5.98. The number of aromatic hydroxyl groups is 1. The molecule has 2 aromatic rings. The summed E-state index contributed by atoms with van der Waals surface area (Å²) in [6.07, 6.45) is 2.17. The molecule has 0 aliphatic carbocycles. The normalized spacial score (nSPS) is 11.7. The molecule has 0 saturated carbocycles. The Hall–Kier alpha value is -1.33. The smallest absolute Gasteiger partial charge is 0.385 e. The number of benzene rings is 2. The Morgan fingerprint density at radius 3 is 2.15 bits per heavy atom. The van der Waals surface area contributed by atoms with Crippen LogP contribution in [0.2, 0.25) is 11.1 Å². The van der Waals surface area contributed by atoms with Gasteiger partial charge in [0, 0.05) is 17.2 Å². The zero-order valence-electron chi connectivity index (χ0n) is 16.0. The van der Waals surface area contributed by atoms with Crippen molar-refractivity contribution in [2.24, 2.45) is 0 Å². The van der Waals surface area contributed by atoms with Gasteiger partial charge in [0.05, 0.1) is 0 Å². The lowest BCUT2D eigenvalue weighted by Crippen LogP contribution is -2.29. The molecule has 0 aliphatic rings. The van der Waals surface area contributed by atoms with Crippen molar-refractivity contribution in [1.82, 2.24) is 0 Å². The number of phenols is 1. The zero-order chi connectivity index (χ0) is 19.1. The van der Waals surface area contributed by atoms with Gasteiger partial charge in [-0.15, -0.1) is 0 Å². The second-order valence-corrected chi connectivity index (χ2v) is 9.06. The molecule has 0 atom stereocenters. The van der Waals surface area contributed by atoms with Gasteiger partial charge in [0.25, 0.3) is 0 Å². The maximum absolute atomic E-state index is 9.91. The van der Waals surface area contributed by atoms with Crippen LogP contribution in [0.25, 0.3) is 11.1 Å². The molecule has 2 rings (SSSR count). The standard InChI is InChI=1S/C21H28ClO3Si/c1-15(2)24-26(25-16(3)4)13-5-6-18-14-20(23)11-12-21(18)17-7-9-19(22)10-8-17/h7-12,14-16,23H,5-6,13H2,1-4H3. The quantitative estimate of drug-likeness (QED) is 0.534. The molecule has 0 heterocycles. The van der Waals surface area contributed by atoms with Gasteiger partial charge in [-0.25, -0.2) is 0 Å². The average molecular weight is 392 g/mol. The van der Waals surface area contributed by atoms with E-state index in [9.17, 15) is 5.11 Å². The summed E-state index contributed by atoms with van der Waals surface area (Å²) >= 11 is 6.00. The average Bonchev–Trinajstić information content (AvgIpc) is 2.55. The van der Waals surface area contributed by atoms with Gasteiger partial charge < -0.3 is 14.0 Å². The lowest BCUT2D eigenvalue weighted by Gasteiger charge is -2.20. The lowest BCUT2D eigenvalue weighted by molar-refractivity contribution is 0.129. The van der Waals surface area contributed by atoms with Crippen molar-refractivity contribution in [3.63, 3.8) is 0 Å². The van der Waals surface area contributed by atoms with E-state index in [1.54, 1.807) is 6.07 Å². The summed E-state index contributed by atoms with van der Waals surface area (Å²) in [6, 6.07) is 14.3. The summed E-state index contributed by atoms with van der Waals surface area (Å²) in [4.78, 5) is 0. The number of hydrogen-bond donors (Lipinski definition) is 1. The summed E-state index contributed by atoms with van der Waals surface area (Å²) in [5, 5.41) is 10.6. The third kappa shape index (κ3) is 6.76. The van der Waals surface area contributed by atoms with E-state index >= 15 is 0 Å². The van der Waals surface area contributed by atoms with Gasteiger partial charge in [0.15, 0.2) is 0 Å². The molecular formula is C21H28ClO3Si. The predicted molar refractivity (Wildman–Crippen MR) is 110 cm³/mol. The maximum atomic E-state index is 9.91. The van der Waals surface area contributed by atoms with Gasteiger partial charge in [-0.3, -0.25) is 0 Å². The molecular weight excluding hydrogens is 364 g/mol. The van der Waals surface area contributed by atoms with Crippen molar-refractivity contribution in [2.45, 2.75) is 58.8 Å². The van der Waals surface area contributed by atoms with Crippen molar-refractivity contribution < 1.29 is 14.0 Å². The molecule has 5 heteroatoms. The van der Waals surface area contributed by atoms with E-state index in [2.05, 4.69) is 0 Å². The van der Waals surface area contributed by atoms with Crippen LogP contribution in [0.15, 0.2) is 42.5 Å². The van der Waals surface area contributed by atoms with Crippen molar-refractivity contribution in [3.8, 4) is 16.9 Å². The van der Waals surface area contributed by atoms with Crippen molar-refractivity contribution in [3.05, 3.63) is 53.1 Å². The summed E-state index contributed by atoms with van der Waals surface area (Å²) in [7, 11) is -1.29. The SMILES string of the molecule is CC(C)O[Si](CCCc1cc(O)ccc1-c1ccc(Cl)cc1)OC(C)C. The van der Waals surface area contributed by atoms with E-state index in [0.717, 1.165) is 40.6 Å². The van der Waals surface area contributed by atoms with Crippen LogP contribution in [0.1, 0.15) is 39.7 Å². The first-order valence-electron chi connectivity index (χ1n) is 9.12. The molecule has 0 bridgehead atoms. The molecule has 0 fully saturated rings. The summed E-state index contributed by atoms with van der Waals surface area (Å²) in [5.74, 6) is 0.292. The second-order valence-electron chi connectivity index (χ2n) is 6.91. The molecule has 0 aliphatic heterocycles. The van der Waals surface area contributed by atoms with Crippen LogP contribution >= 0.6 is 11.6 Å². The molecule has 141 valence electrons. The van der Waals surface area contributed by atoms with Crippen LogP contribution < -0.4 is 0 Å². The van der Waals surface area contributed by atoms with E-state index in [4.69, 9.17) is 20.5 Å². The monoisotopic (exact) mass is 391 g/mol. The molecule has 0 unspecified atom stereocenters. The summed E-state index contributed by atoms with van der Waals surface area (Å²) in [6.45, 7) is 8.18. The van der Waals surface area contributed by atoms with E-state index in [-0.39, 0.29) is 12.2 Å². The van der Waals surface area contributed by atoms with Crippen LogP contribution in [-0.4, -0.2) is 26.6 Å². The Labute approximate surface area is 163 Å². The van der Waals surface area contributed by atoms with Crippen molar-refractivity contribution in [2.75, 3.05) is 0 Å². The maximum Gasteiger partial charge on any atom is 0.385 e. The second kappa shape index (κ2) is 10.1. The molecule has 0 amide bonds. The Morgan fingerprint density at radius 2 is 1.58 bits per heavy atom. The van der Waals surface area contributed by atoms with Gasteiger partial charge in [0.2, 0.25) is 0 Å². The molecule has 0 spiro atoms. The van der Waals surface area contributed by atoms with Crippen LogP contribution in [0.5, 0.6) is 5.75 Å². The van der Waals surface area contributed by atoms with Gasteiger partial charge in [-0.2, -0.15) is 0 Å². The highest BCUT2D eigenvalue weighted by Gasteiger charge is 2.19. The topological polar surface area (TPSA) is 38.7 Å². The van der Waals surface area contributed by atoms with E-state index in [0.29, 0.717) is 5.75 Å². The minimum Gasteiger partial charge on any atom is -0.508 e. The first kappa shape index (κ1) is 21.0. The number of aryl methyl sites for hydroxylation is 1. The van der Waals surface area contributed by atoms with Crippen LogP contribution in [0.3, 0.4) is 0 Å². The van der Waals surface area contributed by atoms with Crippen LogP contribution in [0, 0.1) is 0 Å². The Kier molecular flexibility index (Phi) is 8.16. The van der Waals surface area contributed by atoms with Gasteiger partial charge >= 0.3 is 9.28 Å². The molecule has 26 heavy (non-hydrogen) atoms. The van der Waals surface area contributed by atoms with Crippen LogP contribution in [-0.2, 0) is 15.3 Å². The number of phenolic OH excluding ortho intramolecular Hbond substituents is 1. The molecule has 2 aromatic carbocycles. The molecule has 1 N–H and O–H groups in total. The Bertz CT molecular complexity index is 676. The van der Waals surface area contributed by atoms with Crippen molar-refractivity contribution >= 4 is 20.9 Å². The number of rotatable bonds is 9. The summed E-state index contributed by atoms with van der Waals surface area (Å²) in [5.41, 5.74) is 3.36. The fourth-order valence-corrected chi connectivity index (χ4v) is 4.73. The largest absolute Gasteiger partial charge is 0.508 e. The van der Waals surface area contributed by atoms with Gasteiger partial charge in [-0.05, 0) is 87.5 Å². The molecule has 0 aromatic heterocycles. The van der Waals surface area contributed by atoms with E-state index < -0.39 is 9.28 Å². The van der Waals surface area contributed by atoms with E-state index in [1.807, 2.05) is 64.1 Å². The zero-order valence-corrected chi connectivity index (χ0v) is 17.7. The third-order valence-electron chi connectivity index (χ3n) is 3.81. The Morgan fingerprint density at radius 1 is 0.962 bits per heavy atom. The molecule has 1 radical (unpaired) electrons. The minimum atomic E-state index is -1.29. The van der Waals surface area contributed by atoms with Crippen molar-refractivity contribution in [1.29, 1.82) is 0 Å². The lowest BCUT2D eigenvalue weighted by atomic mass is 9.96. The first-order valence-corrected chi connectivity index (χ1v) is 11.0. The third-order valence-corrected chi connectivity index (χ3v) is 6.29. The number of halogens is 1. The van der Waals surface area contributed by atoms with Gasteiger partial charge in [0.1, 0.15) is 5.75 Å². The highest BCUT2D eigenvalue weighted by Crippen LogP contribution is 2.29. The van der Waals surface area contributed by atoms with E-state index in [1.165, 1.54) is 0 Å². The van der Waals surface area contributed by atoms with Crippen LogP contribution in [0.4, 0.5) is 0 Å². The highest BCUT2D eigenvalue weighted by molar-refractivity contribution is 6.44. The first-order chi connectivity index (χ1) is 12.3. The summed E-state index contributed by atoms with van der Waals surface area (Å²) < 4.78 is 11.9. The number of hydrogen-bond acceptors (Lipinski definition) is 3.